The molecular weight excluding hydrogens is 222 g/mol. The van der Waals surface area contributed by atoms with Crippen LogP contribution in [0, 0.1) is 0 Å². The van der Waals surface area contributed by atoms with Gasteiger partial charge in [-0.05, 0) is 20.4 Å². The molecule has 0 aliphatic heterocycles. The highest BCUT2D eigenvalue weighted by atomic mass is 16.4. The maximum Gasteiger partial charge on any atom is 0.357 e. The van der Waals surface area contributed by atoms with Gasteiger partial charge in [0.15, 0.2) is 5.69 Å². The molecule has 6 heteroatoms. The Hall–Kier alpha value is -1.56. The number of carboxylic acid groups (broad SMARTS) is 1. The minimum absolute atomic E-state index is 0.0808. The van der Waals surface area contributed by atoms with Crippen molar-refractivity contribution in [1.82, 2.24) is 9.88 Å². The molecule has 96 valence electrons. The summed E-state index contributed by atoms with van der Waals surface area (Å²) >= 11 is 0. The summed E-state index contributed by atoms with van der Waals surface area (Å²) in [7, 11) is 2.05. The lowest BCUT2D eigenvalue weighted by Gasteiger charge is -2.23. The first-order chi connectivity index (χ1) is 8.04. The van der Waals surface area contributed by atoms with Crippen molar-refractivity contribution < 1.29 is 14.3 Å². The smallest absolute Gasteiger partial charge is 0.357 e. The van der Waals surface area contributed by atoms with Crippen molar-refractivity contribution in [3.05, 3.63) is 12.0 Å². The molecule has 0 aliphatic carbocycles. The number of aromatic carboxylic acids is 1. The number of aromatic nitrogens is 1. The van der Waals surface area contributed by atoms with Gasteiger partial charge in [-0.1, -0.05) is 6.92 Å². The van der Waals surface area contributed by atoms with Gasteiger partial charge in [0.05, 0.1) is 0 Å². The second-order valence-electron chi connectivity index (χ2n) is 4.01. The molecule has 1 aromatic heterocycles. The highest BCUT2D eigenvalue weighted by Gasteiger charge is 2.10. The molecular formula is C11H19N3O3. The summed E-state index contributed by atoms with van der Waals surface area (Å²) in [6, 6.07) is 0.774. The van der Waals surface area contributed by atoms with Gasteiger partial charge in [0.25, 0.3) is 6.01 Å². The SMILES string of the molecule is CCC(C)N(C)CCNc1nc(C(=O)O)co1. The Bertz CT molecular complexity index is 365. The first-order valence-corrected chi connectivity index (χ1v) is 5.67. The van der Waals surface area contributed by atoms with Crippen molar-refractivity contribution in [2.45, 2.75) is 26.3 Å². The highest BCUT2D eigenvalue weighted by Crippen LogP contribution is 2.07. The lowest BCUT2D eigenvalue weighted by atomic mass is 10.2. The van der Waals surface area contributed by atoms with Crippen molar-refractivity contribution in [1.29, 1.82) is 0 Å². The van der Waals surface area contributed by atoms with E-state index in [4.69, 9.17) is 9.52 Å². The predicted octanol–water partition coefficient (Wildman–Crippen LogP) is 1.51. The summed E-state index contributed by atoms with van der Waals surface area (Å²) in [5.41, 5.74) is -0.0808. The van der Waals surface area contributed by atoms with Gasteiger partial charge in [0.2, 0.25) is 0 Å². The van der Waals surface area contributed by atoms with E-state index in [9.17, 15) is 4.79 Å². The largest absolute Gasteiger partial charge is 0.476 e. The third kappa shape index (κ3) is 4.07. The van der Waals surface area contributed by atoms with E-state index in [0.29, 0.717) is 12.6 Å². The van der Waals surface area contributed by atoms with Crippen LogP contribution in [0.25, 0.3) is 0 Å². The van der Waals surface area contributed by atoms with Crippen molar-refractivity contribution in [3.8, 4) is 0 Å². The number of oxazole rings is 1. The first-order valence-electron chi connectivity index (χ1n) is 5.67. The summed E-state index contributed by atoms with van der Waals surface area (Å²) < 4.78 is 4.97. The Balaban J connectivity index is 2.33. The second-order valence-corrected chi connectivity index (χ2v) is 4.01. The maximum atomic E-state index is 10.6. The van der Waals surface area contributed by atoms with Crippen LogP contribution >= 0.6 is 0 Å². The molecule has 0 aromatic carbocycles. The van der Waals surface area contributed by atoms with E-state index in [0.717, 1.165) is 19.2 Å². The lowest BCUT2D eigenvalue weighted by Crippen LogP contribution is -2.32. The summed E-state index contributed by atoms with van der Waals surface area (Å²) in [5.74, 6) is -1.08. The summed E-state index contributed by atoms with van der Waals surface area (Å²) in [5, 5.41) is 11.6. The molecule has 1 unspecified atom stereocenters. The standard InChI is InChI=1S/C11H19N3O3/c1-4-8(2)14(3)6-5-12-11-13-9(7-17-11)10(15)16/h7-8H,4-6H2,1-3H3,(H,12,13)(H,15,16). The monoisotopic (exact) mass is 241 g/mol. The van der Waals surface area contributed by atoms with Crippen molar-refractivity contribution in [2.75, 3.05) is 25.5 Å². The van der Waals surface area contributed by atoms with Crippen LogP contribution in [-0.4, -0.2) is 47.1 Å². The fraction of sp³-hybridized carbons (Fsp3) is 0.636. The average Bonchev–Trinajstić information content (AvgIpc) is 2.76. The van der Waals surface area contributed by atoms with Crippen molar-refractivity contribution in [3.63, 3.8) is 0 Å². The Labute approximate surface area is 101 Å². The van der Waals surface area contributed by atoms with E-state index in [1.165, 1.54) is 0 Å². The number of carboxylic acids is 1. The number of anilines is 1. The van der Waals surface area contributed by atoms with Crippen LogP contribution in [0.1, 0.15) is 30.8 Å². The van der Waals surface area contributed by atoms with Crippen LogP contribution in [0.5, 0.6) is 0 Å². The minimum Gasteiger partial charge on any atom is -0.476 e. The fourth-order valence-electron chi connectivity index (χ4n) is 1.32. The van der Waals surface area contributed by atoms with Gasteiger partial charge in [-0.3, -0.25) is 0 Å². The molecule has 0 fully saturated rings. The Morgan fingerprint density at radius 2 is 2.41 bits per heavy atom. The van der Waals surface area contributed by atoms with Gasteiger partial charge >= 0.3 is 5.97 Å². The number of rotatable bonds is 7. The highest BCUT2D eigenvalue weighted by molar-refractivity contribution is 5.85. The molecule has 1 heterocycles. The molecule has 0 spiro atoms. The number of carbonyl (C=O) groups is 1. The third-order valence-corrected chi connectivity index (χ3v) is 2.81. The molecule has 0 amide bonds. The molecule has 2 N–H and O–H groups in total. The van der Waals surface area contributed by atoms with E-state index in [1.807, 2.05) is 7.05 Å². The molecule has 1 rings (SSSR count). The predicted molar refractivity (Wildman–Crippen MR) is 64.3 cm³/mol. The number of nitrogens with zero attached hydrogens (tertiary/aromatic N) is 2. The molecule has 1 atom stereocenters. The Morgan fingerprint density at radius 3 is 2.94 bits per heavy atom. The zero-order valence-corrected chi connectivity index (χ0v) is 10.4. The lowest BCUT2D eigenvalue weighted by molar-refractivity contribution is 0.0690. The Morgan fingerprint density at radius 1 is 1.71 bits per heavy atom. The molecule has 17 heavy (non-hydrogen) atoms. The van der Waals surface area contributed by atoms with E-state index in [-0.39, 0.29) is 11.7 Å². The van der Waals surface area contributed by atoms with Gasteiger partial charge in [0.1, 0.15) is 6.26 Å². The van der Waals surface area contributed by atoms with Crippen LogP contribution in [0.4, 0.5) is 6.01 Å². The van der Waals surface area contributed by atoms with E-state index in [2.05, 4.69) is 29.0 Å². The Kier molecular flexibility index (Phi) is 4.96. The van der Waals surface area contributed by atoms with E-state index < -0.39 is 5.97 Å². The van der Waals surface area contributed by atoms with E-state index >= 15 is 0 Å². The quantitative estimate of drug-likeness (QED) is 0.753. The third-order valence-electron chi connectivity index (χ3n) is 2.81. The van der Waals surface area contributed by atoms with Gasteiger partial charge in [-0.15, -0.1) is 0 Å². The average molecular weight is 241 g/mol. The van der Waals surface area contributed by atoms with E-state index in [1.54, 1.807) is 0 Å². The van der Waals surface area contributed by atoms with Gasteiger partial charge in [0, 0.05) is 19.1 Å². The first kappa shape index (κ1) is 13.5. The second kappa shape index (κ2) is 6.24. The summed E-state index contributed by atoms with van der Waals surface area (Å²) in [6.07, 6.45) is 2.22. The van der Waals surface area contributed by atoms with Crippen LogP contribution in [-0.2, 0) is 0 Å². The molecule has 0 saturated carbocycles. The van der Waals surface area contributed by atoms with Gasteiger partial charge < -0.3 is 19.7 Å². The molecule has 1 aromatic rings. The molecule has 0 saturated heterocycles. The normalized spacial score (nSPS) is 12.7. The number of nitrogens with one attached hydrogen (secondary N) is 1. The zero-order valence-electron chi connectivity index (χ0n) is 10.4. The van der Waals surface area contributed by atoms with Crippen LogP contribution in [0.3, 0.4) is 0 Å². The van der Waals surface area contributed by atoms with Gasteiger partial charge in [-0.25, -0.2) is 4.79 Å². The van der Waals surface area contributed by atoms with Crippen LogP contribution in [0.15, 0.2) is 10.7 Å². The summed E-state index contributed by atoms with van der Waals surface area (Å²) in [4.78, 5) is 16.6. The topological polar surface area (TPSA) is 78.6 Å². The molecule has 6 nitrogen and oxygen atoms in total. The number of hydrogen-bond donors (Lipinski definition) is 2. The summed E-state index contributed by atoms with van der Waals surface area (Å²) in [6.45, 7) is 5.82. The van der Waals surface area contributed by atoms with Crippen molar-refractivity contribution >= 4 is 12.0 Å². The molecule has 0 bridgehead atoms. The number of likely N-dealkylation sites (N-methyl/N-ethyl adjacent to an activating group) is 1. The molecule has 0 aliphatic rings. The van der Waals surface area contributed by atoms with Crippen LogP contribution in [0.2, 0.25) is 0 Å². The van der Waals surface area contributed by atoms with Crippen molar-refractivity contribution in [2.24, 2.45) is 0 Å². The maximum absolute atomic E-state index is 10.6. The molecule has 0 radical (unpaired) electrons. The van der Waals surface area contributed by atoms with Gasteiger partial charge in [-0.2, -0.15) is 4.98 Å². The zero-order chi connectivity index (χ0) is 12.8. The fourth-order valence-corrected chi connectivity index (χ4v) is 1.32. The number of hydrogen-bond acceptors (Lipinski definition) is 5. The van der Waals surface area contributed by atoms with Crippen LogP contribution < -0.4 is 5.32 Å². The minimum atomic E-state index is -1.08.